The van der Waals surface area contributed by atoms with Gasteiger partial charge in [0.25, 0.3) is 0 Å². The van der Waals surface area contributed by atoms with E-state index in [2.05, 4.69) is 21.8 Å². The van der Waals surface area contributed by atoms with Crippen LogP contribution in [-0.4, -0.2) is 19.9 Å². The average molecular weight is 387 g/mol. The number of hydrogen-bond acceptors (Lipinski definition) is 4. The molecule has 0 spiro atoms. The lowest BCUT2D eigenvalue weighted by molar-refractivity contribution is 0.580. The van der Waals surface area contributed by atoms with E-state index in [0.717, 1.165) is 22.6 Å². The van der Waals surface area contributed by atoms with Crippen molar-refractivity contribution in [1.82, 2.24) is 9.71 Å². The molecule has 4 nitrogen and oxygen atoms in total. The Kier molecular flexibility index (Phi) is 6.19. The number of aromatic nitrogens is 1. The first-order valence-corrected chi connectivity index (χ1v) is 11.0. The van der Waals surface area contributed by atoms with Gasteiger partial charge in [0.1, 0.15) is 0 Å². The molecule has 0 aliphatic heterocycles. The van der Waals surface area contributed by atoms with Crippen LogP contribution >= 0.6 is 11.3 Å². The van der Waals surface area contributed by atoms with Gasteiger partial charge in [-0.1, -0.05) is 54.6 Å². The third-order valence-corrected chi connectivity index (χ3v) is 6.48. The van der Waals surface area contributed by atoms with E-state index in [0.29, 0.717) is 13.0 Å². The topological polar surface area (TPSA) is 59.1 Å². The van der Waals surface area contributed by atoms with Crippen molar-refractivity contribution in [3.05, 3.63) is 87.4 Å². The molecular weight excluding hydrogens is 364 g/mol. The minimum absolute atomic E-state index is 0.0107. The molecule has 3 aromatic rings. The third kappa shape index (κ3) is 5.49. The van der Waals surface area contributed by atoms with Crippen LogP contribution in [0.4, 0.5) is 0 Å². The van der Waals surface area contributed by atoms with Gasteiger partial charge in [-0.05, 0) is 23.6 Å². The van der Waals surface area contributed by atoms with Crippen LogP contribution in [0.15, 0.2) is 60.8 Å². The summed E-state index contributed by atoms with van der Waals surface area (Å²) in [5.74, 6) is 0.0107. The van der Waals surface area contributed by atoms with Crippen molar-refractivity contribution in [1.29, 1.82) is 0 Å². The molecule has 6 heteroatoms. The molecule has 0 bridgehead atoms. The zero-order valence-electron chi connectivity index (χ0n) is 14.7. The fraction of sp³-hybridized carbons (Fsp3) is 0.250. The molecule has 1 aromatic heterocycles. The van der Waals surface area contributed by atoms with Crippen LogP contribution in [0.2, 0.25) is 0 Å². The maximum absolute atomic E-state index is 12.3. The van der Waals surface area contributed by atoms with E-state index in [9.17, 15) is 8.42 Å². The molecule has 1 N–H and O–H groups in total. The molecule has 136 valence electrons. The number of benzene rings is 2. The zero-order chi connectivity index (χ0) is 18.4. The summed E-state index contributed by atoms with van der Waals surface area (Å²) >= 11 is 1.64. The van der Waals surface area contributed by atoms with E-state index in [4.69, 9.17) is 0 Å². The Labute approximate surface area is 159 Å². The fourth-order valence-electron chi connectivity index (χ4n) is 2.68. The molecule has 0 amide bonds. The molecule has 0 fully saturated rings. The summed E-state index contributed by atoms with van der Waals surface area (Å²) in [7, 11) is -3.34. The summed E-state index contributed by atoms with van der Waals surface area (Å²) in [6.07, 6.45) is 3.35. The second-order valence-corrected chi connectivity index (χ2v) is 9.22. The Morgan fingerprint density at radius 2 is 1.77 bits per heavy atom. The average Bonchev–Trinajstić information content (AvgIpc) is 3.05. The van der Waals surface area contributed by atoms with Crippen molar-refractivity contribution in [3.63, 3.8) is 0 Å². The highest BCUT2D eigenvalue weighted by Crippen LogP contribution is 2.17. The van der Waals surface area contributed by atoms with Gasteiger partial charge in [-0.2, -0.15) is 0 Å². The quantitative estimate of drug-likeness (QED) is 0.642. The minimum Gasteiger partial charge on any atom is -0.249 e. The molecule has 0 aliphatic rings. The second-order valence-electron chi connectivity index (χ2n) is 6.21. The third-order valence-electron chi connectivity index (χ3n) is 4.09. The maximum atomic E-state index is 12.3. The van der Waals surface area contributed by atoms with Crippen molar-refractivity contribution in [2.75, 3.05) is 6.54 Å². The molecular formula is C20H22N2O2S2. The second kappa shape index (κ2) is 8.58. The first-order valence-electron chi connectivity index (χ1n) is 8.51. The predicted octanol–water partition coefficient (Wildman–Crippen LogP) is 3.70. The van der Waals surface area contributed by atoms with Gasteiger partial charge in [0, 0.05) is 30.5 Å². The van der Waals surface area contributed by atoms with Crippen LogP contribution in [0.5, 0.6) is 0 Å². The van der Waals surface area contributed by atoms with Gasteiger partial charge in [0.2, 0.25) is 10.0 Å². The maximum Gasteiger partial charge on any atom is 0.215 e. The van der Waals surface area contributed by atoms with Crippen molar-refractivity contribution < 1.29 is 8.42 Å². The summed E-state index contributed by atoms with van der Waals surface area (Å²) in [4.78, 5) is 5.60. The van der Waals surface area contributed by atoms with E-state index in [1.54, 1.807) is 11.3 Å². The standard InChI is InChI=1S/C20H22N2O2S2/c1-16-7-5-6-10-18(16)15-26(23,24)22-12-11-20-21-14-19(25-20)13-17-8-3-2-4-9-17/h2-10,14,22H,11-13,15H2,1H3. The van der Waals surface area contributed by atoms with Crippen LogP contribution in [-0.2, 0) is 28.6 Å². The Morgan fingerprint density at radius 1 is 1.04 bits per heavy atom. The first-order chi connectivity index (χ1) is 12.5. The van der Waals surface area contributed by atoms with E-state index in [1.807, 2.05) is 55.6 Å². The lowest BCUT2D eigenvalue weighted by Gasteiger charge is -2.08. The van der Waals surface area contributed by atoms with Gasteiger partial charge < -0.3 is 0 Å². The van der Waals surface area contributed by atoms with Crippen LogP contribution in [0.3, 0.4) is 0 Å². The Hall–Kier alpha value is -2.02. The molecule has 0 unspecified atom stereocenters. The molecule has 3 rings (SSSR count). The molecule has 2 aromatic carbocycles. The van der Waals surface area contributed by atoms with Crippen LogP contribution in [0, 0.1) is 6.92 Å². The van der Waals surface area contributed by atoms with Crippen molar-refractivity contribution in [2.24, 2.45) is 0 Å². The summed E-state index contributed by atoms with van der Waals surface area (Å²) in [6.45, 7) is 2.29. The van der Waals surface area contributed by atoms with Crippen molar-refractivity contribution in [3.8, 4) is 0 Å². The monoisotopic (exact) mass is 386 g/mol. The summed E-state index contributed by atoms with van der Waals surface area (Å²) in [5.41, 5.74) is 3.07. The van der Waals surface area contributed by atoms with Crippen molar-refractivity contribution >= 4 is 21.4 Å². The van der Waals surface area contributed by atoms with E-state index in [1.165, 1.54) is 10.4 Å². The normalized spacial score (nSPS) is 11.6. The van der Waals surface area contributed by atoms with Crippen LogP contribution in [0.1, 0.15) is 26.6 Å². The largest absolute Gasteiger partial charge is 0.249 e. The van der Waals surface area contributed by atoms with E-state index >= 15 is 0 Å². The van der Waals surface area contributed by atoms with Gasteiger partial charge in [0.15, 0.2) is 0 Å². The number of nitrogens with one attached hydrogen (secondary N) is 1. The lowest BCUT2D eigenvalue weighted by atomic mass is 10.1. The zero-order valence-corrected chi connectivity index (χ0v) is 16.3. The highest BCUT2D eigenvalue weighted by molar-refractivity contribution is 7.88. The van der Waals surface area contributed by atoms with Crippen LogP contribution in [0.25, 0.3) is 0 Å². The minimum atomic E-state index is -3.34. The molecule has 0 saturated heterocycles. The summed E-state index contributed by atoms with van der Waals surface area (Å²) in [5, 5.41) is 0.953. The molecule has 0 radical (unpaired) electrons. The van der Waals surface area contributed by atoms with Crippen molar-refractivity contribution in [2.45, 2.75) is 25.5 Å². The highest BCUT2D eigenvalue weighted by Gasteiger charge is 2.13. The SMILES string of the molecule is Cc1ccccc1CS(=O)(=O)NCCc1ncc(Cc2ccccc2)s1. The number of rotatable bonds is 8. The Morgan fingerprint density at radius 3 is 2.54 bits per heavy atom. The molecule has 0 saturated carbocycles. The molecule has 1 heterocycles. The molecule has 26 heavy (non-hydrogen) atoms. The highest BCUT2D eigenvalue weighted by atomic mass is 32.2. The Bertz CT molecular complexity index is 951. The first kappa shape index (κ1) is 18.8. The van der Waals surface area contributed by atoms with Gasteiger partial charge in [-0.15, -0.1) is 11.3 Å². The smallest absolute Gasteiger partial charge is 0.215 e. The summed E-state index contributed by atoms with van der Waals surface area (Å²) < 4.78 is 27.2. The van der Waals surface area contributed by atoms with E-state index in [-0.39, 0.29) is 5.75 Å². The number of sulfonamides is 1. The number of thiazole rings is 1. The predicted molar refractivity (Wildman–Crippen MR) is 107 cm³/mol. The summed E-state index contributed by atoms with van der Waals surface area (Å²) in [6, 6.07) is 17.8. The number of nitrogens with zero attached hydrogens (tertiary/aromatic N) is 1. The van der Waals surface area contributed by atoms with Gasteiger partial charge >= 0.3 is 0 Å². The van der Waals surface area contributed by atoms with Gasteiger partial charge in [-0.3, -0.25) is 0 Å². The van der Waals surface area contributed by atoms with E-state index < -0.39 is 10.0 Å². The molecule has 0 atom stereocenters. The fourth-order valence-corrected chi connectivity index (χ4v) is 4.89. The van der Waals surface area contributed by atoms with Crippen LogP contribution < -0.4 is 4.72 Å². The lowest BCUT2D eigenvalue weighted by Crippen LogP contribution is -2.27. The number of hydrogen-bond donors (Lipinski definition) is 1. The Balaban J connectivity index is 1.51. The van der Waals surface area contributed by atoms with Gasteiger partial charge in [0.05, 0.1) is 10.8 Å². The number of aryl methyl sites for hydroxylation is 1. The van der Waals surface area contributed by atoms with Gasteiger partial charge in [-0.25, -0.2) is 18.1 Å². The molecule has 0 aliphatic carbocycles.